The molecule has 0 spiro atoms. The maximum Gasteiger partial charge on any atom is 0.223 e. The molecule has 1 heterocycles. The van der Waals surface area contributed by atoms with Crippen molar-refractivity contribution in [3.05, 3.63) is 35.4 Å². The highest BCUT2D eigenvalue weighted by Crippen LogP contribution is 2.48. The van der Waals surface area contributed by atoms with Crippen LogP contribution in [0.3, 0.4) is 0 Å². The molecule has 2 aliphatic rings. The summed E-state index contributed by atoms with van der Waals surface area (Å²) in [6, 6.07) is 8.59. The van der Waals surface area contributed by atoms with Crippen LogP contribution >= 0.6 is 0 Å². The molecule has 2 N–H and O–H groups in total. The number of hydrogen-bond donors (Lipinski definition) is 2. The van der Waals surface area contributed by atoms with Crippen LogP contribution in [0.15, 0.2) is 24.3 Å². The monoisotopic (exact) mass is 272 g/mol. The van der Waals surface area contributed by atoms with Crippen LogP contribution in [0.25, 0.3) is 0 Å². The normalized spacial score (nSPS) is 21.4. The Morgan fingerprint density at radius 3 is 2.65 bits per heavy atom. The van der Waals surface area contributed by atoms with Crippen molar-refractivity contribution >= 4 is 5.91 Å². The Morgan fingerprint density at radius 1 is 1.30 bits per heavy atom. The lowest BCUT2D eigenvalue weighted by atomic mass is 9.91. The Morgan fingerprint density at radius 2 is 2.00 bits per heavy atom. The van der Waals surface area contributed by atoms with Gasteiger partial charge < -0.3 is 10.6 Å². The predicted octanol–water partition coefficient (Wildman–Crippen LogP) is 2.14. The van der Waals surface area contributed by atoms with Gasteiger partial charge in [0.05, 0.1) is 0 Å². The Labute approximate surface area is 121 Å². The molecule has 0 bridgehead atoms. The van der Waals surface area contributed by atoms with E-state index in [1.165, 1.54) is 24.0 Å². The fourth-order valence-corrected chi connectivity index (χ4v) is 3.34. The molecule has 0 radical (unpaired) electrons. The van der Waals surface area contributed by atoms with Crippen LogP contribution < -0.4 is 10.6 Å². The first-order chi connectivity index (χ1) is 9.71. The molecule has 1 aliphatic carbocycles. The molecule has 1 aromatic rings. The molecule has 0 aromatic heterocycles. The van der Waals surface area contributed by atoms with Gasteiger partial charge in [0.1, 0.15) is 0 Å². The fraction of sp³-hybridized carbons (Fsp3) is 0.588. The molecule has 1 saturated heterocycles. The Balaban J connectivity index is 1.60. The molecule has 2 fully saturated rings. The van der Waals surface area contributed by atoms with Gasteiger partial charge in [0, 0.05) is 17.9 Å². The standard InChI is InChI=1S/C17H24N2O/c1-13-4-2-3-5-15(13)17(8-9-17)12-19-16(20)14-6-10-18-11-7-14/h2-5,14,18H,6-12H2,1H3,(H,19,20). The van der Waals surface area contributed by atoms with Crippen LogP contribution in [0.5, 0.6) is 0 Å². The van der Waals surface area contributed by atoms with Crippen molar-refractivity contribution in [2.45, 2.75) is 38.0 Å². The third kappa shape index (κ3) is 2.73. The Bertz CT molecular complexity index is 488. The molecule has 1 aliphatic heterocycles. The third-order valence-corrected chi connectivity index (χ3v) is 4.88. The second-order valence-corrected chi connectivity index (χ2v) is 6.34. The highest BCUT2D eigenvalue weighted by atomic mass is 16.1. The molecule has 0 unspecified atom stereocenters. The lowest BCUT2D eigenvalue weighted by Gasteiger charge is -2.24. The second kappa shape index (κ2) is 5.57. The largest absolute Gasteiger partial charge is 0.355 e. The van der Waals surface area contributed by atoms with Gasteiger partial charge in [0.2, 0.25) is 5.91 Å². The van der Waals surface area contributed by atoms with Crippen LogP contribution in [-0.2, 0) is 10.2 Å². The lowest BCUT2D eigenvalue weighted by molar-refractivity contribution is -0.125. The van der Waals surface area contributed by atoms with Crippen LogP contribution in [0.4, 0.5) is 0 Å². The summed E-state index contributed by atoms with van der Waals surface area (Å²) in [5, 5.41) is 6.52. The Hall–Kier alpha value is -1.35. The smallest absolute Gasteiger partial charge is 0.223 e. The van der Waals surface area contributed by atoms with Gasteiger partial charge >= 0.3 is 0 Å². The maximum atomic E-state index is 12.2. The summed E-state index contributed by atoms with van der Waals surface area (Å²) in [5.41, 5.74) is 2.99. The zero-order chi connectivity index (χ0) is 14.0. The van der Waals surface area contributed by atoms with E-state index in [2.05, 4.69) is 41.8 Å². The van der Waals surface area contributed by atoms with Gasteiger partial charge in [-0.25, -0.2) is 0 Å². The molecule has 1 amide bonds. The number of aryl methyl sites for hydroxylation is 1. The van der Waals surface area contributed by atoms with Gasteiger partial charge in [-0.2, -0.15) is 0 Å². The molecule has 3 rings (SSSR count). The molecule has 3 nitrogen and oxygen atoms in total. The summed E-state index contributed by atoms with van der Waals surface area (Å²) < 4.78 is 0. The molecular weight excluding hydrogens is 248 g/mol. The first-order valence-electron chi connectivity index (χ1n) is 7.76. The molecule has 0 atom stereocenters. The van der Waals surface area contributed by atoms with E-state index in [1.54, 1.807) is 0 Å². The van der Waals surface area contributed by atoms with Gasteiger partial charge in [0.25, 0.3) is 0 Å². The van der Waals surface area contributed by atoms with Gasteiger partial charge in [-0.05, 0) is 56.8 Å². The first-order valence-corrected chi connectivity index (χ1v) is 7.76. The summed E-state index contributed by atoms with van der Waals surface area (Å²) in [6.07, 6.45) is 4.35. The average molecular weight is 272 g/mol. The number of piperidine rings is 1. The van der Waals surface area contributed by atoms with E-state index in [0.29, 0.717) is 0 Å². The van der Waals surface area contributed by atoms with E-state index in [-0.39, 0.29) is 17.2 Å². The van der Waals surface area contributed by atoms with Gasteiger partial charge in [-0.3, -0.25) is 4.79 Å². The van der Waals surface area contributed by atoms with E-state index in [1.807, 2.05) is 0 Å². The van der Waals surface area contributed by atoms with Crippen LogP contribution in [-0.4, -0.2) is 25.5 Å². The summed E-state index contributed by atoms with van der Waals surface area (Å²) in [5.74, 6) is 0.468. The summed E-state index contributed by atoms with van der Waals surface area (Å²) in [4.78, 5) is 12.2. The minimum atomic E-state index is 0.212. The molecule has 1 saturated carbocycles. The zero-order valence-electron chi connectivity index (χ0n) is 12.2. The molecular formula is C17H24N2O. The number of carbonyl (C=O) groups excluding carboxylic acids is 1. The van der Waals surface area contributed by atoms with Gasteiger partial charge in [0.15, 0.2) is 0 Å². The average Bonchev–Trinajstić information content (AvgIpc) is 3.27. The highest BCUT2D eigenvalue weighted by molar-refractivity contribution is 5.79. The quantitative estimate of drug-likeness (QED) is 0.881. The molecule has 1 aromatic carbocycles. The molecule has 108 valence electrons. The summed E-state index contributed by atoms with van der Waals surface area (Å²) >= 11 is 0. The van der Waals surface area contributed by atoms with Crippen LogP contribution in [0.2, 0.25) is 0 Å². The third-order valence-electron chi connectivity index (χ3n) is 4.88. The minimum absolute atomic E-state index is 0.212. The van der Waals surface area contributed by atoms with Crippen molar-refractivity contribution in [3.8, 4) is 0 Å². The number of hydrogen-bond acceptors (Lipinski definition) is 2. The van der Waals surface area contributed by atoms with E-state index in [0.717, 1.165) is 32.5 Å². The Kier molecular flexibility index (Phi) is 3.79. The van der Waals surface area contributed by atoms with Gasteiger partial charge in [-0.1, -0.05) is 24.3 Å². The number of rotatable bonds is 4. The van der Waals surface area contributed by atoms with Crippen molar-refractivity contribution in [2.75, 3.05) is 19.6 Å². The summed E-state index contributed by atoms with van der Waals surface area (Å²) in [6.45, 7) is 4.92. The van der Waals surface area contributed by atoms with Crippen LogP contribution in [0.1, 0.15) is 36.8 Å². The molecule has 3 heteroatoms. The first kappa shape index (κ1) is 13.6. The second-order valence-electron chi connectivity index (χ2n) is 6.34. The van der Waals surface area contributed by atoms with E-state index in [4.69, 9.17) is 0 Å². The van der Waals surface area contributed by atoms with Crippen molar-refractivity contribution in [3.63, 3.8) is 0 Å². The van der Waals surface area contributed by atoms with Crippen molar-refractivity contribution in [2.24, 2.45) is 5.92 Å². The SMILES string of the molecule is Cc1ccccc1C1(CNC(=O)C2CCNCC2)CC1. The van der Waals surface area contributed by atoms with E-state index < -0.39 is 0 Å². The van der Waals surface area contributed by atoms with E-state index >= 15 is 0 Å². The van der Waals surface area contributed by atoms with Crippen molar-refractivity contribution < 1.29 is 4.79 Å². The topological polar surface area (TPSA) is 41.1 Å². The summed E-state index contributed by atoms with van der Waals surface area (Å²) in [7, 11) is 0. The van der Waals surface area contributed by atoms with E-state index in [9.17, 15) is 4.79 Å². The maximum absolute atomic E-state index is 12.2. The number of nitrogens with one attached hydrogen (secondary N) is 2. The molecule has 20 heavy (non-hydrogen) atoms. The minimum Gasteiger partial charge on any atom is -0.355 e. The predicted molar refractivity (Wildman–Crippen MR) is 80.7 cm³/mol. The number of benzene rings is 1. The van der Waals surface area contributed by atoms with Gasteiger partial charge in [-0.15, -0.1) is 0 Å². The van der Waals surface area contributed by atoms with Crippen molar-refractivity contribution in [1.29, 1.82) is 0 Å². The number of amides is 1. The number of carbonyl (C=O) groups is 1. The van der Waals surface area contributed by atoms with Crippen LogP contribution in [0, 0.1) is 12.8 Å². The highest BCUT2D eigenvalue weighted by Gasteiger charge is 2.45. The fourth-order valence-electron chi connectivity index (χ4n) is 3.34. The lowest BCUT2D eigenvalue weighted by Crippen LogP contribution is -2.41. The zero-order valence-corrected chi connectivity index (χ0v) is 12.2. The van der Waals surface area contributed by atoms with Crippen molar-refractivity contribution in [1.82, 2.24) is 10.6 Å².